The quantitative estimate of drug-likeness (QED) is 0.655. The van der Waals surface area contributed by atoms with E-state index in [-0.39, 0.29) is 12.7 Å². The second-order valence-corrected chi connectivity index (χ2v) is 4.54. The molecule has 2 N–H and O–H groups in total. The summed E-state index contributed by atoms with van der Waals surface area (Å²) in [4.78, 5) is 0. The molecule has 0 saturated carbocycles. The molecule has 0 heterocycles. The Bertz CT molecular complexity index is 448. The number of nitrogens with one attached hydrogen (secondary N) is 1. The van der Waals surface area contributed by atoms with Crippen molar-refractivity contribution in [3.05, 3.63) is 29.8 Å². The molecule has 0 aliphatic heterocycles. The Morgan fingerprint density at radius 2 is 2.00 bits per heavy atom. The Labute approximate surface area is 125 Å². The zero-order valence-corrected chi connectivity index (χ0v) is 12.4. The van der Waals surface area contributed by atoms with E-state index in [9.17, 15) is 5.11 Å². The average Bonchev–Trinajstić information content (AvgIpc) is 2.52. The second-order valence-electron chi connectivity index (χ2n) is 4.54. The predicted molar refractivity (Wildman–Crippen MR) is 78.2 cm³/mol. The summed E-state index contributed by atoms with van der Waals surface area (Å²) >= 11 is 0. The van der Waals surface area contributed by atoms with Crippen LogP contribution in [0.3, 0.4) is 0 Å². The zero-order valence-electron chi connectivity index (χ0n) is 12.4. The Kier molecular flexibility index (Phi) is 8.40. The van der Waals surface area contributed by atoms with E-state index in [1.807, 2.05) is 6.07 Å². The van der Waals surface area contributed by atoms with Crippen LogP contribution in [0.4, 0.5) is 0 Å². The third-order valence-electron chi connectivity index (χ3n) is 2.88. The molecular formula is C15H22N2O4. The number of benzene rings is 1. The van der Waals surface area contributed by atoms with Crippen molar-refractivity contribution in [3.8, 4) is 11.8 Å². The minimum Gasteiger partial charge on any atom is -0.489 e. The van der Waals surface area contributed by atoms with Crippen molar-refractivity contribution in [2.75, 3.05) is 40.5 Å². The van der Waals surface area contributed by atoms with Crippen molar-refractivity contribution in [1.82, 2.24) is 5.32 Å². The maximum absolute atomic E-state index is 9.85. The fourth-order valence-corrected chi connectivity index (χ4v) is 1.74. The largest absolute Gasteiger partial charge is 0.489 e. The van der Waals surface area contributed by atoms with E-state index in [1.54, 1.807) is 38.5 Å². The lowest BCUT2D eigenvalue weighted by Crippen LogP contribution is -2.38. The van der Waals surface area contributed by atoms with Crippen LogP contribution in [0.15, 0.2) is 24.3 Å². The summed E-state index contributed by atoms with van der Waals surface area (Å²) in [5, 5.41) is 21.9. The van der Waals surface area contributed by atoms with Gasteiger partial charge in [-0.1, -0.05) is 12.1 Å². The molecule has 2 atom stereocenters. The van der Waals surface area contributed by atoms with Crippen LogP contribution in [0.2, 0.25) is 0 Å². The second kappa shape index (κ2) is 10.1. The first-order valence-electron chi connectivity index (χ1n) is 6.73. The number of nitriles is 1. The Hall–Kier alpha value is -1.65. The molecule has 21 heavy (non-hydrogen) atoms. The van der Waals surface area contributed by atoms with E-state index in [1.165, 1.54) is 0 Å². The molecule has 2 unspecified atom stereocenters. The van der Waals surface area contributed by atoms with Gasteiger partial charge in [-0.2, -0.15) is 5.26 Å². The maximum Gasteiger partial charge on any atom is 0.137 e. The van der Waals surface area contributed by atoms with Crippen molar-refractivity contribution in [2.45, 2.75) is 12.2 Å². The molecule has 1 aromatic rings. The average molecular weight is 294 g/mol. The van der Waals surface area contributed by atoms with E-state index in [0.29, 0.717) is 31.0 Å². The highest BCUT2D eigenvalue weighted by molar-refractivity contribution is 5.42. The number of para-hydroxylation sites is 1. The van der Waals surface area contributed by atoms with Gasteiger partial charge in [0.2, 0.25) is 0 Å². The van der Waals surface area contributed by atoms with Crippen LogP contribution in [0.1, 0.15) is 5.56 Å². The summed E-state index contributed by atoms with van der Waals surface area (Å²) in [5.74, 6) is 0.480. The zero-order chi connectivity index (χ0) is 15.5. The number of hydrogen-bond donors (Lipinski definition) is 2. The molecule has 6 heteroatoms. The number of aliphatic hydroxyl groups is 1. The first-order chi connectivity index (χ1) is 10.2. The van der Waals surface area contributed by atoms with Gasteiger partial charge >= 0.3 is 0 Å². The molecule has 0 bridgehead atoms. The SMILES string of the molecule is COCC(CNCC(O)COc1ccccc1C#N)OC. The summed E-state index contributed by atoms with van der Waals surface area (Å²) in [5.41, 5.74) is 0.456. The van der Waals surface area contributed by atoms with Crippen LogP contribution in [-0.4, -0.2) is 57.8 Å². The van der Waals surface area contributed by atoms with Gasteiger partial charge in [0.15, 0.2) is 0 Å². The smallest absolute Gasteiger partial charge is 0.137 e. The highest BCUT2D eigenvalue weighted by atomic mass is 16.5. The normalized spacial score (nSPS) is 13.4. The highest BCUT2D eigenvalue weighted by Gasteiger charge is 2.10. The molecule has 0 amide bonds. The van der Waals surface area contributed by atoms with Gasteiger partial charge in [-0.3, -0.25) is 0 Å². The van der Waals surface area contributed by atoms with Gasteiger partial charge in [-0.05, 0) is 12.1 Å². The topological polar surface area (TPSA) is 83.7 Å². The summed E-state index contributed by atoms with van der Waals surface area (Å²) in [6, 6.07) is 8.98. The van der Waals surface area contributed by atoms with Crippen molar-refractivity contribution in [2.24, 2.45) is 0 Å². The van der Waals surface area contributed by atoms with Crippen molar-refractivity contribution in [1.29, 1.82) is 5.26 Å². The fraction of sp³-hybridized carbons (Fsp3) is 0.533. The van der Waals surface area contributed by atoms with E-state index < -0.39 is 6.10 Å². The van der Waals surface area contributed by atoms with Crippen LogP contribution in [0, 0.1) is 11.3 Å². The monoisotopic (exact) mass is 294 g/mol. The lowest BCUT2D eigenvalue weighted by molar-refractivity contribution is 0.0257. The molecule has 0 spiro atoms. The number of aliphatic hydroxyl groups excluding tert-OH is 1. The Morgan fingerprint density at radius 1 is 1.24 bits per heavy atom. The molecule has 0 saturated heterocycles. The van der Waals surface area contributed by atoms with Gasteiger partial charge < -0.3 is 24.6 Å². The molecule has 6 nitrogen and oxygen atoms in total. The molecule has 1 rings (SSSR count). The van der Waals surface area contributed by atoms with Crippen LogP contribution < -0.4 is 10.1 Å². The van der Waals surface area contributed by atoms with E-state index in [2.05, 4.69) is 5.32 Å². The lowest BCUT2D eigenvalue weighted by Gasteiger charge is -2.17. The van der Waals surface area contributed by atoms with E-state index >= 15 is 0 Å². The van der Waals surface area contributed by atoms with Gasteiger partial charge in [-0.25, -0.2) is 0 Å². The van der Waals surface area contributed by atoms with Crippen LogP contribution in [0.5, 0.6) is 5.75 Å². The van der Waals surface area contributed by atoms with Gasteiger partial charge in [-0.15, -0.1) is 0 Å². The predicted octanol–water partition coefficient (Wildman–Crippen LogP) is 0.549. The van der Waals surface area contributed by atoms with Crippen LogP contribution >= 0.6 is 0 Å². The van der Waals surface area contributed by atoms with Gasteiger partial charge in [0.05, 0.1) is 18.3 Å². The van der Waals surface area contributed by atoms with E-state index in [4.69, 9.17) is 19.5 Å². The summed E-state index contributed by atoms with van der Waals surface area (Å²) < 4.78 is 15.6. The fourth-order valence-electron chi connectivity index (χ4n) is 1.74. The minimum absolute atomic E-state index is 0.0533. The maximum atomic E-state index is 9.85. The van der Waals surface area contributed by atoms with Crippen molar-refractivity contribution in [3.63, 3.8) is 0 Å². The standard InChI is InChI=1S/C15H22N2O4/c1-19-11-14(20-2)9-17-8-13(18)10-21-15-6-4-3-5-12(15)7-16/h3-6,13-14,17-18H,8-11H2,1-2H3. The molecule has 0 radical (unpaired) electrons. The first-order valence-corrected chi connectivity index (χ1v) is 6.73. The molecule has 0 aromatic heterocycles. The third-order valence-corrected chi connectivity index (χ3v) is 2.88. The number of nitrogens with zero attached hydrogens (tertiary/aromatic N) is 1. The van der Waals surface area contributed by atoms with Crippen molar-refractivity contribution < 1.29 is 19.3 Å². The Balaban J connectivity index is 2.28. The van der Waals surface area contributed by atoms with E-state index in [0.717, 1.165) is 0 Å². The summed E-state index contributed by atoms with van der Waals surface area (Å²) in [6.45, 7) is 1.56. The number of ether oxygens (including phenoxy) is 3. The minimum atomic E-state index is -0.670. The highest BCUT2D eigenvalue weighted by Crippen LogP contribution is 2.16. The van der Waals surface area contributed by atoms with Gasteiger partial charge in [0.25, 0.3) is 0 Å². The Morgan fingerprint density at radius 3 is 2.67 bits per heavy atom. The number of rotatable bonds is 10. The molecule has 0 aliphatic rings. The van der Waals surface area contributed by atoms with Crippen LogP contribution in [-0.2, 0) is 9.47 Å². The van der Waals surface area contributed by atoms with Gasteiger partial charge in [0, 0.05) is 27.3 Å². The molecule has 0 aliphatic carbocycles. The molecule has 1 aromatic carbocycles. The molecule has 116 valence electrons. The molecule has 0 fully saturated rings. The summed E-state index contributed by atoms with van der Waals surface area (Å²) in [7, 11) is 3.23. The molecular weight excluding hydrogens is 272 g/mol. The number of methoxy groups -OCH3 is 2. The lowest BCUT2D eigenvalue weighted by atomic mass is 10.2. The third kappa shape index (κ3) is 6.56. The van der Waals surface area contributed by atoms with Crippen LogP contribution in [0.25, 0.3) is 0 Å². The number of hydrogen-bond acceptors (Lipinski definition) is 6. The first kappa shape index (κ1) is 17.4. The van der Waals surface area contributed by atoms with Gasteiger partial charge in [0.1, 0.15) is 24.5 Å². The van der Waals surface area contributed by atoms with Crippen molar-refractivity contribution >= 4 is 0 Å². The summed E-state index contributed by atoms with van der Waals surface area (Å²) in [6.07, 6.45) is -0.723.